The number of urea groups is 1. The Balaban J connectivity index is 1.38. The molecule has 1 atom stereocenters. The Morgan fingerprint density at radius 2 is 1.89 bits per heavy atom. The van der Waals surface area contributed by atoms with Crippen LogP contribution in [0.4, 0.5) is 10.5 Å². The number of likely N-dealkylation sites (tertiary alicyclic amines) is 1. The summed E-state index contributed by atoms with van der Waals surface area (Å²) < 4.78 is 2.02. The first-order chi connectivity index (χ1) is 13.3. The Kier molecular flexibility index (Phi) is 5.55. The van der Waals surface area contributed by atoms with Crippen LogP contribution in [-0.2, 0) is 0 Å². The van der Waals surface area contributed by atoms with Crippen LogP contribution in [0.3, 0.4) is 0 Å². The maximum atomic E-state index is 12.5. The summed E-state index contributed by atoms with van der Waals surface area (Å²) in [7, 11) is 0. The van der Waals surface area contributed by atoms with E-state index in [4.69, 9.17) is 0 Å². The van der Waals surface area contributed by atoms with Gasteiger partial charge in [-0.15, -0.1) is 11.3 Å². The summed E-state index contributed by atoms with van der Waals surface area (Å²) in [5.74, 6) is 0. The molecule has 2 amide bonds. The van der Waals surface area contributed by atoms with Crippen molar-refractivity contribution in [3.8, 4) is 5.69 Å². The van der Waals surface area contributed by atoms with E-state index in [0.717, 1.165) is 24.5 Å². The first kappa shape index (κ1) is 17.8. The van der Waals surface area contributed by atoms with Crippen LogP contribution in [0.2, 0.25) is 0 Å². The minimum Gasteiger partial charge on any atom is -0.336 e. The van der Waals surface area contributed by atoms with Crippen LogP contribution >= 0.6 is 11.3 Å². The zero-order valence-corrected chi connectivity index (χ0v) is 16.0. The molecule has 0 radical (unpaired) electrons. The average molecular weight is 381 g/mol. The van der Waals surface area contributed by atoms with E-state index in [2.05, 4.69) is 33.0 Å². The second kappa shape index (κ2) is 8.41. The zero-order valence-electron chi connectivity index (χ0n) is 15.2. The third kappa shape index (κ3) is 4.40. The van der Waals surface area contributed by atoms with Crippen LogP contribution in [0.15, 0.2) is 66.3 Å². The Labute approximate surface area is 163 Å². The lowest BCUT2D eigenvalue weighted by Gasteiger charge is -2.27. The Morgan fingerprint density at radius 1 is 1.07 bits per heavy atom. The lowest BCUT2D eigenvalue weighted by molar-refractivity contribution is 0.229. The molecular weight excluding hydrogens is 356 g/mol. The highest BCUT2D eigenvalue weighted by Gasteiger charge is 2.24. The van der Waals surface area contributed by atoms with Gasteiger partial charge in [0.15, 0.2) is 0 Å². The Morgan fingerprint density at radius 3 is 2.63 bits per heavy atom. The molecule has 0 saturated carbocycles. The number of hydrogen-bond acceptors (Lipinski definition) is 3. The molecule has 2 aromatic heterocycles. The van der Waals surface area contributed by atoms with Gasteiger partial charge in [0.25, 0.3) is 0 Å². The van der Waals surface area contributed by atoms with Crippen molar-refractivity contribution in [2.24, 2.45) is 0 Å². The van der Waals surface area contributed by atoms with E-state index in [9.17, 15) is 4.79 Å². The molecule has 4 rings (SSSR count). The Hall–Kier alpha value is -2.57. The van der Waals surface area contributed by atoms with Gasteiger partial charge < -0.3 is 15.2 Å². The molecule has 1 aliphatic heterocycles. The predicted molar refractivity (Wildman–Crippen MR) is 111 cm³/mol. The molecule has 0 aliphatic carbocycles. The first-order valence-corrected chi connectivity index (χ1v) is 10.2. The normalized spacial score (nSPS) is 15.6. The number of hydrogen-bond donors (Lipinski definition) is 2. The second-order valence-electron chi connectivity index (χ2n) is 6.75. The molecule has 1 saturated heterocycles. The van der Waals surface area contributed by atoms with Crippen molar-refractivity contribution in [3.05, 3.63) is 71.2 Å². The lowest BCUT2D eigenvalue weighted by Crippen LogP contribution is -2.38. The van der Waals surface area contributed by atoms with Gasteiger partial charge in [0.2, 0.25) is 0 Å². The molecule has 0 spiro atoms. The van der Waals surface area contributed by atoms with Crippen molar-refractivity contribution >= 4 is 23.1 Å². The van der Waals surface area contributed by atoms with Gasteiger partial charge >= 0.3 is 6.03 Å². The number of nitrogens with zero attached hydrogens (tertiary/aromatic N) is 2. The maximum absolute atomic E-state index is 12.5. The van der Waals surface area contributed by atoms with Crippen LogP contribution in [0, 0.1) is 0 Å². The van der Waals surface area contributed by atoms with Crippen molar-refractivity contribution in [2.75, 3.05) is 25.0 Å². The Bertz CT molecular complexity index is 854. The van der Waals surface area contributed by atoms with Crippen LogP contribution in [0.1, 0.15) is 23.8 Å². The van der Waals surface area contributed by atoms with Gasteiger partial charge in [0, 0.05) is 35.2 Å². The van der Waals surface area contributed by atoms with Gasteiger partial charge in [-0.05, 0) is 67.7 Å². The van der Waals surface area contributed by atoms with E-state index in [1.807, 2.05) is 53.4 Å². The summed E-state index contributed by atoms with van der Waals surface area (Å²) in [5, 5.41) is 8.12. The SMILES string of the molecule is O=C(NCC(c1cccs1)N1CCCC1)Nc1cccc(-n2cccc2)c1. The number of amides is 2. The average Bonchev–Trinajstić information content (AvgIpc) is 3.45. The summed E-state index contributed by atoms with van der Waals surface area (Å²) in [5.41, 5.74) is 1.80. The van der Waals surface area contributed by atoms with Gasteiger partial charge in [0.1, 0.15) is 0 Å². The van der Waals surface area contributed by atoms with Crippen molar-refractivity contribution in [2.45, 2.75) is 18.9 Å². The molecular formula is C21H24N4OS. The molecule has 3 aromatic rings. The van der Waals surface area contributed by atoms with Crippen LogP contribution in [0.5, 0.6) is 0 Å². The number of nitrogens with one attached hydrogen (secondary N) is 2. The van der Waals surface area contributed by atoms with Crippen molar-refractivity contribution < 1.29 is 4.79 Å². The summed E-state index contributed by atoms with van der Waals surface area (Å²) in [6.07, 6.45) is 6.45. The van der Waals surface area contributed by atoms with Gasteiger partial charge in [-0.1, -0.05) is 12.1 Å². The number of carbonyl (C=O) groups excluding carboxylic acids is 1. The lowest BCUT2D eigenvalue weighted by atomic mass is 10.2. The highest BCUT2D eigenvalue weighted by atomic mass is 32.1. The molecule has 27 heavy (non-hydrogen) atoms. The van der Waals surface area contributed by atoms with E-state index >= 15 is 0 Å². The molecule has 5 nitrogen and oxygen atoms in total. The van der Waals surface area contributed by atoms with Gasteiger partial charge in [-0.25, -0.2) is 4.79 Å². The number of carbonyl (C=O) groups is 1. The smallest absolute Gasteiger partial charge is 0.319 e. The fourth-order valence-corrected chi connectivity index (χ4v) is 4.42. The zero-order chi connectivity index (χ0) is 18.5. The largest absolute Gasteiger partial charge is 0.336 e. The van der Waals surface area contributed by atoms with Gasteiger partial charge in [0.05, 0.1) is 6.04 Å². The number of aromatic nitrogens is 1. The topological polar surface area (TPSA) is 49.3 Å². The van der Waals surface area contributed by atoms with Crippen LogP contribution in [-0.4, -0.2) is 35.1 Å². The van der Waals surface area contributed by atoms with Crippen molar-refractivity contribution in [1.82, 2.24) is 14.8 Å². The minimum atomic E-state index is -0.166. The van der Waals surface area contributed by atoms with Crippen molar-refractivity contribution in [3.63, 3.8) is 0 Å². The minimum absolute atomic E-state index is 0.166. The molecule has 2 N–H and O–H groups in total. The van der Waals surface area contributed by atoms with Gasteiger partial charge in [-0.3, -0.25) is 4.90 Å². The summed E-state index contributed by atoms with van der Waals surface area (Å²) in [4.78, 5) is 16.2. The number of rotatable bonds is 6. The van der Waals surface area contributed by atoms with E-state index < -0.39 is 0 Å². The van der Waals surface area contributed by atoms with E-state index in [-0.39, 0.29) is 12.1 Å². The molecule has 0 bridgehead atoms. The molecule has 1 fully saturated rings. The highest BCUT2D eigenvalue weighted by molar-refractivity contribution is 7.10. The summed E-state index contributed by atoms with van der Waals surface area (Å²) in [6, 6.07) is 16.1. The monoisotopic (exact) mass is 380 g/mol. The predicted octanol–water partition coefficient (Wildman–Crippen LogP) is 4.50. The molecule has 6 heteroatoms. The maximum Gasteiger partial charge on any atom is 0.319 e. The summed E-state index contributed by atoms with van der Waals surface area (Å²) >= 11 is 1.76. The fourth-order valence-electron chi connectivity index (χ4n) is 3.56. The van der Waals surface area contributed by atoms with Crippen molar-refractivity contribution in [1.29, 1.82) is 0 Å². The summed E-state index contributed by atoms with van der Waals surface area (Å²) in [6.45, 7) is 2.82. The van der Waals surface area contributed by atoms with E-state index in [1.54, 1.807) is 11.3 Å². The molecule has 3 heterocycles. The molecule has 140 valence electrons. The number of thiophene rings is 1. The van der Waals surface area contributed by atoms with Gasteiger partial charge in [-0.2, -0.15) is 0 Å². The highest BCUT2D eigenvalue weighted by Crippen LogP contribution is 2.27. The first-order valence-electron chi connectivity index (χ1n) is 9.35. The van der Waals surface area contributed by atoms with Crippen LogP contribution in [0.25, 0.3) is 5.69 Å². The molecule has 1 unspecified atom stereocenters. The van der Waals surface area contributed by atoms with E-state index in [1.165, 1.54) is 17.7 Å². The fraction of sp³-hybridized carbons (Fsp3) is 0.286. The quantitative estimate of drug-likeness (QED) is 0.662. The number of benzene rings is 1. The second-order valence-corrected chi connectivity index (χ2v) is 7.73. The molecule has 1 aliphatic rings. The molecule has 1 aromatic carbocycles. The van der Waals surface area contributed by atoms with Crippen LogP contribution < -0.4 is 10.6 Å². The number of anilines is 1. The van der Waals surface area contributed by atoms with E-state index in [0.29, 0.717) is 6.54 Å². The third-order valence-corrected chi connectivity index (χ3v) is 5.89. The standard InChI is InChI=1S/C21H24N4OS/c26-21(23-17-7-5-8-18(15-17)24-10-1-2-11-24)22-16-19(20-9-6-14-27-20)25-12-3-4-13-25/h1-2,5-11,14-15,19H,3-4,12-13,16H2,(H2,22,23,26). The third-order valence-electron chi connectivity index (χ3n) is 4.92.